The van der Waals surface area contributed by atoms with Gasteiger partial charge >= 0.3 is 0 Å². The lowest BCUT2D eigenvalue weighted by atomic mass is 9.86. The van der Waals surface area contributed by atoms with Gasteiger partial charge in [0.05, 0.1) is 10.5 Å². The van der Waals surface area contributed by atoms with Crippen molar-refractivity contribution in [2.75, 3.05) is 6.26 Å². The van der Waals surface area contributed by atoms with Crippen molar-refractivity contribution < 1.29 is 26.7 Å². The molecule has 0 amide bonds. The maximum absolute atomic E-state index is 14.5. The quantitative estimate of drug-likeness (QED) is 0.739. The van der Waals surface area contributed by atoms with Crippen LogP contribution in [0, 0.1) is 11.6 Å². The Morgan fingerprint density at radius 1 is 1.00 bits per heavy atom. The van der Waals surface area contributed by atoms with Crippen LogP contribution in [0.15, 0.2) is 47.4 Å². The van der Waals surface area contributed by atoms with Crippen LogP contribution in [0.3, 0.4) is 0 Å². The van der Waals surface area contributed by atoms with E-state index in [0.717, 1.165) is 18.4 Å². The smallest absolute Gasteiger partial charge is 0.210 e. The zero-order valence-electron chi connectivity index (χ0n) is 15.8. The van der Waals surface area contributed by atoms with E-state index in [1.165, 1.54) is 30.3 Å². The Morgan fingerprint density at radius 2 is 1.61 bits per heavy atom. The van der Waals surface area contributed by atoms with Crippen molar-refractivity contribution in [2.24, 2.45) is 0 Å². The predicted octanol–water partition coefficient (Wildman–Crippen LogP) is 4.39. The highest BCUT2D eigenvalue weighted by Gasteiger charge is 2.48. The van der Waals surface area contributed by atoms with Gasteiger partial charge in [-0.2, -0.15) is 0 Å². The second kappa shape index (κ2) is 7.13. The molecule has 0 aliphatic carbocycles. The highest BCUT2D eigenvalue weighted by atomic mass is 32.2. The minimum atomic E-state index is -3.39. The summed E-state index contributed by atoms with van der Waals surface area (Å²) in [7, 11) is -3.39. The Morgan fingerprint density at radius 3 is 2.11 bits per heavy atom. The molecule has 2 aromatic rings. The topological polar surface area (TPSA) is 60.4 Å². The SMILES string of the molecule is CCC1(CC)OC(c2ccc(S(C)(=O)=O)cc2)=C(c2ccc(F)cc2F)C1=O. The van der Waals surface area contributed by atoms with Crippen LogP contribution in [0.2, 0.25) is 0 Å². The molecule has 1 aliphatic rings. The van der Waals surface area contributed by atoms with E-state index in [4.69, 9.17) is 4.74 Å². The summed E-state index contributed by atoms with van der Waals surface area (Å²) in [4.78, 5) is 13.3. The zero-order valence-corrected chi connectivity index (χ0v) is 16.6. The fourth-order valence-corrected chi connectivity index (χ4v) is 3.96. The molecule has 0 aromatic heterocycles. The molecule has 2 aromatic carbocycles. The molecule has 0 spiro atoms. The van der Waals surface area contributed by atoms with Crippen LogP contribution in [-0.2, 0) is 19.4 Å². The largest absolute Gasteiger partial charge is 0.478 e. The minimum Gasteiger partial charge on any atom is -0.478 e. The predicted molar refractivity (Wildman–Crippen MR) is 102 cm³/mol. The van der Waals surface area contributed by atoms with Gasteiger partial charge in [-0.1, -0.05) is 13.8 Å². The molecule has 7 heteroatoms. The van der Waals surface area contributed by atoms with Crippen LogP contribution in [-0.4, -0.2) is 26.1 Å². The lowest BCUT2D eigenvalue weighted by Gasteiger charge is -2.25. The number of Topliss-reactive ketones (excluding diaryl/α,β-unsaturated/α-hetero) is 1. The molecule has 0 N–H and O–H groups in total. The number of hydrogen-bond acceptors (Lipinski definition) is 4. The Hall–Kier alpha value is -2.54. The van der Waals surface area contributed by atoms with E-state index in [-0.39, 0.29) is 27.6 Å². The number of sulfone groups is 1. The maximum atomic E-state index is 14.5. The van der Waals surface area contributed by atoms with Crippen molar-refractivity contribution in [3.63, 3.8) is 0 Å². The molecule has 28 heavy (non-hydrogen) atoms. The zero-order chi connectivity index (χ0) is 20.7. The van der Waals surface area contributed by atoms with Gasteiger partial charge in [-0.25, -0.2) is 17.2 Å². The number of carbonyl (C=O) groups excluding carboxylic acids is 1. The first-order valence-corrected chi connectivity index (χ1v) is 10.8. The van der Waals surface area contributed by atoms with Crippen LogP contribution in [0.4, 0.5) is 8.78 Å². The van der Waals surface area contributed by atoms with Crippen LogP contribution >= 0.6 is 0 Å². The Balaban J connectivity index is 2.22. The highest BCUT2D eigenvalue weighted by Crippen LogP contribution is 2.45. The van der Waals surface area contributed by atoms with E-state index in [2.05, 4.69) is 0 Å². The molecule has 0 saturated carbocycles. The summed E-state index contributed by atoms with van der Waals surface area (Å²) in [6, 6.07) is 8.86. The normalized spacial score (nSPS) is 16.4. The summed E-state index contributed by atoms with van der Waals surface area (Å²) in [5.74, 6) is -1.81. The molecule has 1 aliphatic heterocycles. The van der Waals surface area contributed by atoms with Gasteiger partial charge in [-0.05, 0) is 49.2 Å². The van der Waals surface area contributed by atoms with Gasteiger partial charge in [-0.3, -0.25) is 4.79 Å². The van der Waals surface area contributed by atoms with Gasteiger partial charge in [0.15, 0.2) is 15.4 Å². The van der Waals surface area contributed by atoms with E-state index >= 15 is 0 Å². The van der Waals surface area contributed by atoms with Crippen molar-refractivity contribution in [3.8, 4) is 0 Å². The Kier molecular flexibility index (Phi) is 5.14. The van der Waals surface area contributed by atoms with Gasteiger partial charge in [-0.15, -0.1) is 0 Å². The lowest BCUT2D eigenvalue weighted by molar-refractivity contribution is -0.128. The van der Waals surface area contributed by atoms with Gasteiger partial charge in [0.25, 0.3) is 0 Å². The van der Waals surface area contributed by atoms with Gasteiger partial charge in [0, 0.05) is 23.4 Å². The standard InChI is InChI=1S/C21H20F2O4S/c1-4-21(5-2)20(24)18(16-11-8-14(22)12-17(16)23)19(27-21)13-6-9-15(10-7-13)28(3,25)26/h6-12H,4-5H2,1-3H3. The fraction of sp³-hybridized carbons (Fsp3) is 0.286. The molecule has 4 nitrogen and oxygen atoms in total. The third-order valence-corrected chi connectivity index (χ3v) is 6.18. The van der Waals surface area contributed by atoms with Gasteiger partial charge in [0.1, 0.15) is 17.4 Å². The second-order valence-corrected chi connectivity index (χ2v) is 8.77. The monoisotopic (exact) mass is 406 g/mol. The first kappa shape index (κ1) is 20.2. The first-order valence-electron chi connectivity index (χ1n) is 8.87. The van der Waals surface area contributed by atoms with Gasteiger partial charge in [0.2, 0.25) is 5.78 Å². The van der Waals surface area contributed by atoms with E-state index in [9.17, 15) is 22.0 Å². The third kappa shape index (κ3) is 3.35. The van der Waals surface area contributed by atoms with Crippen LogP contribution in [0.25, 0.3) is 11.3 Å². The van der Waals surface area contributed by atoms with Crippen LogP contribution in [0.1, 0.15) is 37.8 Å². The van der Waals surface area contributed by atoms with E-state index < -0.39 is 27.1 Å². The van der Waals surface area contributed by atoms with Gasteiger partial charge < -0.3 is 4.74 Å². The molecule has 0 saturated heterocycles. The van der Waals surface area contributed by atoms with E-state index in [1.807, 2.05) is 0 Å². The molecule has 0 unspecified atom stereocenters. The molecule has 3 rings (SSSR count). The molecule has 1 heterocycles. The second-order valence-electron chi connectivity index (χ2n) is 6.76. The summed E-state index contributed by atoms with van der Waals surface area (Å²) >= 11 is 0. The number of benzene rings is 2. The number of ketones is 1. The van der Waals surface area contributed by atoms with E-state index in [1.54, 1.807) is 13.8 Å². The van der Waals surface area contributed by atoms with Crippen molar-refractivity contribution in [1.82, 2.24) is 0 Å². The van der Waals surface area contributed by atoms with Crippen molar-refractivity contribution in [3.05, 3.63) is 65.2 Å². The molecule has 0 bridgehead atoms. The van der Waals surface area contributed by atoms with Crippen LogP contribution in [0.5, 0.6) is 0 Å². The molecular weight excluding hydrogens is 386 g/mol. The minimum absolute atomic E-state index is 0.0355. The number of halogens is 2. The third-order valence-electron chi connectivity index (χ3n) is 5.05. The average Bonchev–Trinajstić information content (AvgIpc) is 2.94. The Labute approximate surface area is 162 Å². The summed E-state index contributed by atoms with van der Waals surface area (Å²) in [6.07, 6.45) is 1.84. The van der Waals surface area contributed by atoms with Crippen molar-refractivity contribution in [2.45, 2.75) is 37.2 Å². The molecule has 0 atom stereocenters. The number of rotatable bonds is 5. The van der Waals surface area contributed by atoms with Crippen molar-refractivity contribution >= 4 is 27.0 Å². The summed E-state index contributed by atoms with van der Waals surface area (Å²) < 4.78 is 57.3. The molecular formula is C21H20F2O4S. The summed E-state index contributed by atoms with van der Waals surface area (Å²) in [6.45, 7) is 3.60. The number of hydrogen-bond donors (Lipinski definition) is 0. The Bertz CT molecular complexity index is 1070. The summed E-state index contributed by atoms with van der Waals surface area (Å²) in [5, 5.41) is 0. The van der Waals surface area contributed by atoms with E-state index in [0.29, 0.717) is 18.4 Å². The summed E-state index contributed by atoms with van der Waals surface area (Å²) in [5.41, 5.74) is -0.699. The molecule has 0 fully saturated rings. The first-order chi connectivity index (χ1) is 13.1. The van der Waals surface area contributed by atoms with Crippen molar-refractivity contribution in [1.29, 1.82) is 0 Å². The maximum Gasteiger partial charge on any atom is 0.210 e. The lowest BCUT2D eigenvalue weighted by Crippen LogP contribution is -2.35. The average molecular weight is 406 g/mol. The highest BCUT2D eigenvalue weighted by molar-refractivity contribution is 7.90. The molecule has 0 radical (unpaired) electrons. The van der Waals surface area contributed by atoms with Crippen LogP contribution < -0.4 is 0 Å². The molecule has 148 valence electrons. The fourth-order valence-electron chi connectivity index (χ4n) is 3.33. The number of ether oxygens (including phenoxy) is 1. The number of carbonyl (C=O) groups is 1.